The van der Waals surface area contributed by atoms with E-state index >= 15 is 0 Å². The molecule has 3 aromatic heterocycles. The quantitative estimate of drug-likeness (QED) is 0.301. The van der Waals surface area contributed by atoms with E-state index in [1.807, 2.05) is 18.7 Å². The number of rotatable bonds is 5. The summed E-state index contributed by atoms with van der Waals surface area (Å²) in [5.41, 5.74) is 1.41. The zero-order valence-electron chi connectivity index (χ0n) is 21.5. The number of fused-ring (bicyclic) bond motifs is 2. The maximum absolute atomic E-state index is 13.7. The molecule has 0 bridgehead atoms. The van der Waals surface area contributed by atoms with Crippen molar-refractivity contribution in [3.8, 4) is 11.3 Å². The van der Waals surface area contributed by atoms with Gasteiger partial charge >= 0.3 is 6.18 Å². The SMILES string of the molecule is C[C@@H]1CN(c2cnc3cc(C(F)(F)F)cc(NCc4nnc5ccc(-c6ccc(F)cc6)nn45)c3n2)C[C@H](C)O1. The summed E-state index contributed by atoms with van der Waals surface area (Å²) in [6, 6.07) is 11.3. The second-order valence-electron chi connectivity index (χ2n) is 9.75. The van der Waals surface area contributed by atoms with E-state index in [0.717, 1.165) is 12.1 Å². The lowest BCUT2D eigenvalue weighted by Crippen LogP contribution is -2.45. The van der Waals surface area contributed by atoms with E-state index in [-0.39, 0.29) is 35.8 Å². The molecule has 0 amide bonds. The number of nitrogens with one attached hydrogen (secondary N) is 1. The Labute approximate surface area is 225 Å². The highest BCUT2D eigenvalue weighted by Gasteiger charge is 2.32. The molecule has 13 heteroatoms. The molecule has 0 aliphatic carbocycles. The Morgan fingerprint density at radius 3 is 2.48 bits per heavy atom. The van der Waals surface area contributed by atoms with Crippen LogP contribution in [0.4, 0.5) is 29.1 Å². The molecule has 206 valence electrons. The molecule has 1 aliphatic rings. The van der Waals surface area contributed by atoms with Crippen LogP contribution >= 0.6 is 0 Å². The molecule has 0 saturated carbocycles. The lowest BCUT2D eigenvalue weighted by Gasteiger charge is -2.36. The first kappa shape index (κ1) is 25.9. The molecule has 0 unspecified atom stereocenters. The maximum atomic E-state index is 13.7. The zero-order chi connectivity index (χ0) is 28.0. The summed E-state index contributed by atoms with van der Waals surface area (Å²) in [6.45, 7) is 5.09. The van der Waals surface area contributed by atoms with Crippen molar-refractivity contribution in [2.24, 2.45) is 0 Å². The van der Waals surface area contributed by atoms with Crippen LogP contribution in [0.15, 0.2) is 54.7 Å². The van der Waals surface area contributed by atoms with Gasteiger partial charge in [0.1, 0.15) is 17.2 Å². The van der Waals surface area contributed by atoms with E-state index < -0.39 is 11.7 Å². The molecule has 5 aromatic rings. The van der Waals surface area contributed by atoms with Crippen LogP contribution in [0.5, 0.6) is 0 Å². The number of aromatic nitrogens is 6. The fourth-order valence-corrected chi connectivity index (χ4v) is 4.81. The number of nitrogens with zero attached hydrogens (tertiary/aromatic N) is 7. The highest BCUT2D eigenvalue weighted by atomic mass is 19.4. The van der Waals surface area contributed by atoms with Crippen molar-refractivity contribution >= 4 is 28.2 Å². The minimum absolute atomic E-state index is 0.00891. The first-order chi connectivity index (χ1) is 19.1. The van der Waals surface area contributed by atoms with Gasteiger partial charge in [0.25, 0.3) is 0 Å². The van der Waals surface area contributed by atoms with Gasteiger partial charge in [-0.25, -0.2) is 9.37 Å². The number of anilines is 2. The Kier molecular flexibility index (Phi) is 6.45. The Balaban J connectivity index is 1.35. The van der Waals surface area contributed by atoms with Gasteiger partial charge in [-0.1, -0.05) is 0 Å². The van der Waals surface area contributed by atoms with Crippen molar-refractivity contribution in [2.75, 3.05) is 23.3 Å². The van der Waals surface area contributed by atoms with Crippen LogP contribution in [0.25, 0.3) is 27.9 Å². The van der Waals surface area contributed by atoms with Crippen LogP contribution in [0.1, 0.15) is 25.2 Å². The normalized spacial score (nSPS) is 18.0. The minimum Gasteiger partial charge on any atom is -0.376 e. The Morgan fingerprint density at radius 2 is 1.75 bits per heavy atom. The van der Waals surface area contributed by atoms with Crippen molar-refractivity contribution in [3.05, 3.63) is 71.9 Å². The summed E-state index contributed by atoms with van der Waals surface area (Å²) < 4.78 is 61.9. The molecule has 9 nitrogen and oxygen atoms in total. The number of hydrogen-bond acceptors (Lipinski definition) is 8. The van der Waals surface area contributed by atoms with Crippen molar-refractivity contribution in [3.63, 3.8) is 0 Å². The van der Waals surface area contributed by atoms with E-state index in [0.29, 0.717) is 47.2 Å². The average Bonchev–Trinajstić information content (AvgIpc) is 3.33. The van der Waals surface area contributed by atoms with Crippen LogP contribution < -0.4 is 10.2 Å². The maximum Gasteiger partial charge on any atom is 0.416 e. The highest BCUT2D eigenvalue weighted by molar-refractivity contribution is 5.89. The fraction of sp³-hybridized carbons (Fsp3) is 0.296. The van der Waals surface area contributed by atoms with Gasteiger partial charge in [0.15, 0.2) is 11.5 Å². The van der Waals surface area contributed by atoms with Crippen LogP contribution in [0, 0.1) is 5.82 Å². The Morgan fingerprint density at radius 1 is 1.00 bits per heavy atom. The summed E-state index contributed by atoms with van der Waals surface area (Å²) >= 11 is 0. The predicted molar refractivity (Wildman–Crippen MR) is 140 cm³/mol. The molecule has 0 spiro atoms. The van der Waals surface area contributed by atoms with Gasteiger partial charge in [-0.05, 0) is 62.4 Å². The number of benzene rings is 2. The molecule has 2 aromatic carbocycles. The van der Waals surface area contributed by atoms with Gasteiger partial charge < -0.3 is 15.0 Å². The van der Waals surface area contributed by atoms with E-state index in [1.54, 1.807) is 24.3 Å². The smallest absolute Gasteiger partial charge is 0.376 e. The average molecular weight is 553 g/mol. The monoisotopic (exact) mass is 552 g/mol. The van der Waals surface area contributed by atoms with Crippen LogP contribution in [0.3, 0.4) is 0 Å². The number of ether oxygens (including phenoxy) is 1. The van der Waals surface area contributed by atoms with Gasteiger partial charge in [0.05, 0.1) is 47.4 Å². The van der Waals surface area contributed by atoms with Crippen molar-refractivity contribution in [2.45, 2.75) is 38.8 Å². The van der Waals surface area contributed by atoms with E-state index in [4.69, 9.17) is 9.72 Å². The standard InChI is InChI=1S/C27H24F4N8O/c1-15-13-38(14-16(2)40-15)24-11-32-21-9-18(27(29,30)31)10-22(26(21)34-24)33-12-25-36-35-23-8-7-20(37-39(23)25)17-3-5-19(28)6-4-17/h3-11,15-16,33H,12-14H2,1-2H3/t15-,16+. The molecular weight excluding hydrogens is 528 g/mol. The topological polar surface area (TPSA) is 93.4 Å². The summed E-state index contributed by atoms with van der Waals surface area (Å²) in [5, 5.41) is 15.9. The zero-order valence-corrected chi connectivity index (χ0v) is 21.5. The third-order valence-electron chi connectivity index (χ3n) is 6.61. The molecule has 1 N–H and O–H groups in total. The Hall–Kier alpha value is -4.39. The van der Waals surface area contributed by atoms with Gasteiger partial charge in [0, 0.05) is 18.7 Å². The Bertz CT molecular complexity index is 1680. The van der Waals surface area contributed by atoms with Crippen molar-refractivity contribution in [1.82, 2.24) is 29.8 Å². The lowest BCUT2D eigenvalue weighted by molar-refractivity contribution is -0.137. The number of morpholine rings is 1. The number of halogens is 4. The molecule has 2 atom stereocenters. The fourth-order valence-electron chi connectivity index (χ4n) is 4.81. The van der Waals surface area contributed by atoms with Gasteiger partial charge in [-0.2, -0.15) is 22.8 Å². The molecule has 40 heavy (non-hydrogen) atoms. The highest BCUT2D eigenvalue weighted by Crippen LogP contribution is 2.35. The van der Waals surface area contributed by atoms with E-state index in [1.165, 1.54) is 22.8 Å². The second kappa shape index (κ2) is 9.97. The van der Waals surface area contributed by atoms with Gasteiger partial charge in [-0.3, -0.25) is 4.98 Å². The van der Waals surface area contributed by atoms with E-state index in [9.17, 15) is 17.6 Å². The molecule has 1 fully saturated rings. The van der Waals surface area contributed by atoms with E-state index in [2.05, 4.69) is 25.6 Å². The molecule has 1 aliphatic heterocycles. The van der Waals surface area contributed by atoms with Gasteiger partial charge in [-0.15, -0.1) is 10.2 Å². The third-order valence-corrected chi connectivity index (χ3v) is 6.61. The van der Waals surface area contributed by atoms with Crippen LogP contribution in [0.2, 0.25) is 0 Å². The predicted octanol–water partition coefficient (Wildman–Crippen LogP) is 5.12. The summed E-state index contributed by atoms with van der Waals surface area (Å²) in [7, 11) is 0. The second-order valence-corrected chi connectivity index (χ2v) is 9.75. The molecule has 1 saturated heterocycles. The number of hydrogen-bond donors (Lipinski definition) is 1. The third kappa shape index (κ3) is 5.11. The molecule has 0 radical (unpaired) electrons. The molecule has 6 rings (SSSR count). The van der Waals surface area contributed by atoms with Crippen molar-refractivity contribution < 1.29 is 22.3 Å². The van der Waals surface area contributed by atoms with Crippen molar-refractivity contribution in [1.29, 1.82) is 0 Å². The lowest BCUT2D eigenvalue weighted by atomic mass is 10.1. The minimum atomic E-state index is -4.58. The molecular formula is C27H24F4N8O. The first-order valence-corrected chi connectivity index (χ1v) is 12.6. The van der Waals surface area contributed by atoms with Crippen LogP contribution in [-0.4, -0.2) is 55.1 Å². The summed E-state index contributed by atoms with van der Waals surface area (Å²) in [5.74, 6) is 0.552. The van der Waals surface area contributed by atoms with Gasteiger partial charge in [0.2, 0.25) is 0 Å². The first-order valence-electron chi connectivity index (χ1n) is 12.6. The largest absolute Gasteiger partial charge is 0.416 e. The number of alkyl halides is 3. The summed E-state index contributed by atoms with van der Waals surface area (Å²) in [6.07, 6.45) is -3.14. The molecule has 4 heterocycles. The summed E-state index contributed by atoms with van der Waals surface area (Å²) in [4.78, 5) is 11.0. The van der Waals surface area contributed by atoms with Crippen LogP contribution in [-0.2, 0) is 17.5 Å².